The van der Waals surface area contributed by atoms with E-state index >= 15 is 0 Å². The van der Waals surface area contributed by atoms with Crippen LogP contribution in [-0.4, -0.2) is 115 Å². The molecule has 6 amide bonds. The number of imide groups is 2. The zero-order chi connectivity index (χ0) is 45.7. The Morgan fingerprint density at radius 1 is 0.540 bits per heavy atom. The number of carboxylic acid groups (broad SMARTS) is 1. The van der Waals surface area contributed by atoms with Crippen LogP contribution in [-0.2, 0) is 14.4 Å². The van der Waals surface area contributed by atoms with Crippen molar-refractivity contribution in [2.45, 2.75) is 44.7 Å². The fraction of sp³-hybridized carbons (Fsp3) is 0.386. The zero-order valence-electron chi connectivity index (χ0n) is 34.3. The molecule has 0 atom stereocenters. The van der Waals surface area contributed by atoms with Crippen LogP contribution in [0.4, 0.5) is 13.2 Å². The summed E-state index contributed by atoms with van der Waals surface area (Å²) in [6, 6.07) is 14.5. The molecule has 5 aromatic carbocycles. The van der Waals surface area contributed by atoms with Crippen LogP contribution < -0.4 is 33.6 Å². The molecule has 63 heavy (non-hydrogen) atoms. The molecule has 0 aromatic heterocycles. The van der Waals surface area contributed by atoms with Crippen LogP contribution in [0.5, 0.6) is 0 Å². The van der Waals surface area contributed by atoms with Gasteiger partial charge in [-0.25, -0.2) is 4.79 Å². The number of hydrogen-bond acceptors (Lipinski definition) is 11. The van der Waals surface area contributed by atoms with E-state index in [0.29, 0.717) is 111 Å². The number of hydrogen-bond donors (Lipinski definition) is 7. The number of amides is 6. The highest BCUT2D eigenvalue weighted by atomic mass is 19.4. The number of halogens is 3. The van der Waals surface area contributed by atoms with E-state index in [1.807, 2.05) is 24.3 Å². The molecule has 0 aliphatic carbocycles. The average Bonchev–Trinajstić information content (AvgIpc) is 3.26. The van der Waals surface area contributed by atoms with Gasteiger partial charge < -0.3 is 38.7 Å². The van der Waals surface area contributed by atoms with Crippen LogP contribution >= 0.6 is 0 Å². The van der Waals surface area contributed by atoms with Gasteiger partial charge in [0, 0.05) is 72.0 Å². The predicted molar refractivity (Wildman–Crippen MR) is 229 cm³/mol. The maximum atomic E-state index is 13.9. The van der Waals surface area contributed by atoms with E-state index in [0.717, 1.165) is 32.3 Å². The second-order valence-electron chi connectivity index (χ2n) is 15.6. The molecule has 2 aliphatic heterocycles. The third-order valence-corrected chi connectivity index (χ3v) is 11.7. The highest BCUT2D eigenvalue weighted by Crippen LogP contribution is 2.46. The lowest BCUT2D eigenvalue weighted by molar-refractivity contribution is -0.192. The first-order valence-corrected chi connectivity index (χ1v) is 20.6. The number of carboxylic acids is 1. The summed E-state index contributed by atoms with van der Waals surface area (Å²) in [6.07, 6.45) is -2.49. The first-order valence-electron chi connectivity index (χ1n) is 20.6. The van der Waals surface area contributed by atoms with E-state index in [-0.39, 0.29) is 36.7 Å². The third kappa shape index (κ3) is 9.27. The van der Waals surface area contributed by atoms with Crippen LogP contribution in [0, 0.1) is 11.8 Å². The number of nitrogens with one attached hydrogen (secondary N) is 2. The summed E-state index contributed by atoms with van der Waals surface area (Å²) < 4.78 is 31.7. The van der Waals surface area contributed by atoms with Crippen molar-refractivity contribution in [3.63, 3.8) is 0 Å². The number of carbonyl (C=O) groups excluding carboxylic acids is 6. The van der Waals surface area contributed by atoms with Crippen molar-refractivity contribution in [3.8, 4) is 0 Å². The van der Waals surface area contributed by atoms with Gasteiger partial charge in [-0.1, -0.05) is 24.3 Å². The summed E-state index contributed by atoms with van der Waals surface area (Å²) in [5, 5.41) is 18.8. The van der Waals surface area contributed by atoms with Crippen molar-refractivity contribution in [1.82, 2.24) is 20.4 Å². The summed E-state index contributed by atoms with van der Waals surface area (Å²) in [7, 11) is 0. The quantitative estimate of drug-likeness (QED) is 0.0290. The Kier molecular flexibility index (Phi) is 14.2. The average molecular weight is 875 g/mol. The molecule has 0 bridgehead atoms. The Morgan fingerprint density at radius 3 is 1.08 bits per heavy atom. The van der Waals surface area contributed by atoms with Crippen LogP contribution in [0.3, 0.4) is 0 Å². The Bertz CT molecular complexity index is 2320. The van der Waals surface area contributed by atoms with Gasteiger partial charge in [-0.2, -0.15) is 13.2 Å². The normalized spacial score (nSPS) is 13.9. The van der Waals surface area contributed by atoms with Gasteiger partial charge in [-0.05, 0) is 120 Å². The van der Waals surface area contributed by atoms with E-state index in [1.54, 1.807) is 24.3 Å². The molecular formula is C44H49F3N8O8. The molecule has 16 nitrogen and oxygen atoms in total. The molecular weight excluding hydrogens is 826 g/mol. The number of alkyl halides is 3. The summed E-state index contributed by atoms with van der Waals surface area (Å²) in [5.74, 6) is -4.43. The van der Waals surface area contributed by atoms with Crippen LogP contribution in [0.2, 0.25) is 0 Å². The van der Waals surface area contributed by atoms with Crippen molar-refractivity contribution >= 4 is 84.5 Å². The molecule has 0 saturated carbocycles. The predicted octanol–water partition coefficient (Wildman–Crippen LogP) is 3.20. The standard InChI is InChI=1S/C42H48N8O6.C2HF3O2/c43-19-23(20-44)3-13-33(51)47-15-1-17-49-39(53)29-9-5-25-27-7-11-31-38-32(12-8-28(36(27)38)26-6-10-30(40(49)54)37(29)35(25)26)42(56)50(41(31)55)18-2-16-48-34(52)14-4-24(21-45)22-46;3-2(4,5)1(6)7/h5-12,23-24H,1-4,13-22,43-46H2,(H,47,51)(H,48,52);(H,6,7). The number of rotatable bonds is 18. The largest absolute Gasteiger partial charge is 0.490 e. The fourth-order valence-electron chi connectivity index (χ4n) is 8.21. The van der Waals surface area contributed by atoms with E-state index in [9.17, 15) is 41.9 Å². The smallest absolute Gasteiger partial charge is 0.475 e. The minimum absolute atomic E-state index is 0.0856. The Hall–Kier alpha value is -6.28. The van der Waals surface area contributed by atoms with Gasteiger partial charge in [0.1, 0.15) is 0 Å². The molecule has 334 valence electrons. The molecule has 19 heteroatoms. The molecule has 2 heterocycles. The molecule has 2 aliphatic rings. The van der Waals surface area contributed by atoms with E-state index < -0.39 is 35.8 Å². The summed E-state index contributed by atoms with van der Waals surface area (Å²) in [6.45, 7) is 2.59. The second-order valence-corrected chi connectivity index (χ2v) is 15.6. The van der Waals surface area contributed by atoms with Gasteiger partial charge in [-0.15, -0.1) is 0 Å². The zero-order valence-corrected chi connectivity index (χ0v) is 34.3. The molecule has 0 saturated heterocycles. The maximum Gasteiger partial charge on any atom is 0.490 e. The summed E-state index contributed by atoms with van der Waals surface area (Å²) in [5.41, 5.74) is 24.4. The lowest BCUT2D eigenvalue weighted by Gasteiger charge is -2.30. The minimum Gasteiger partial charge on any atom is -0.475 e. The van der Waals surface area contributed by atoms with Gasteiger partial charge >= 0.3 is 12.1 Å². The van der Waals surface area contributed by atoms with Crippen molar-refractivity contribution in [3.05, 3.63) is 70.8 Å². The van der Waals surface area contributed by atoms with Crippen molar-refractivity contribution < 1.29 is 51.8 Å². The molecule has 0 radical (unpaired) electrons. The van der Waals surface area contributed by atoms with Crippen molar-refractivity contribution in [1.29, 1.82) is 0 Å². The number of nitrogens with zero attached hydrogens (tertiary/aromatic N) is 2. The van der Waals surface area contributed by atoms with Gasteiger partial charge in [0.15, 0.2) is 0 Å². The molecule has 0 unspecified atom stereocenters. The number of benzene rings is 5. The molecule has 0 fully saturated rings. The molecule has 11 N–H and O–H groups in total. The lowest BCUT2D eigenvalue weighted by atomic mass is 9.82. The Morgan fingerprint density at radius 2 is 0.825 bits per heavy atom. The highest BCUT2D eigenvalue weighted by Gasteiger charge is 2.39. The topological polar surface area (TPSA) is 274 Å². The van der Waals surface area contributed by atoms with Gasteiger partial charge in [-0.3, -0.25) is 38.6 Å². The van der Waals surface area contributed by atoms with Crippen LogP contribution in [0.15, 0.2) is 48.5 Å². The minimum atomic E-state index is -5.08. The van der Waals surface area contributed by atoms with Crippen LogP contribution in [0.1, 0.15) is 80.0 Å². The summed E-state index contributed by atoms with van der Waals surface area (Å²) in [4.78, 5) is 91.5. The van der Waals surface area contributed by atoms with Crippen LogP contribution in [0.25, 0.3) is 43.1 Å². The van der Waals surface area contributed by atoms with Crippen molar-refractivity contribution in [2.24, 2.45) is 34.8 Å². The number of nitrogens with two attached hydrogens (primary N) is 4. The first-order chi connectivity index (χ1) is 30.1. The summed E-state index contributed by atoms with van der Waals surface area (Å²) >= 11 is 0. The monoisotopic (exact) mass is 874 g/mol. The lowest BCUT2D eigenvalue weighted by Crippen LogP contribution is -2.42. The van der Waals surface area contributed by atoms with Gasteiger partial charge in [0.2, 0.25) is 11.8 Å². The first kappa shape index (κ1) is 46.2. The Balaban J connectivity index is 0.000000871. The fourth-order valence-corrected chi connectivity index (χ4v) is 8.21. The second kappa shape index (κ2) is 19.4. The number of carbonyl (C=O) groups is 7. The number of aliphatic carboxylic acids is 1. The van der Waals surface area contributed by atoms with E-state index in [2.05, 4.69) is 10.6 Å². The van der Waals surface area contributed by atoms with E-state index in [1.165, 1.54) is 9.80 Å². The van der Waals surface area contributed by atoms with E-state index in [4.69, 9.17) is 32.8 Å². The van der Waals surface area contributed by atoms with Gasteiger partial charge in [0.05, 0.1) is 0 Å². The van der Waals surface area contributed by atoms with Gasteiger partial charge in [0.25, 0.3) is 23.6 Å². The molecule has 5 aromatic rings. The molecule has 0 spiro atoms. The van der Waals surface area contributed by atoms with Crippen molar-refractivity contribution in [2.75, 3.05) is 52.4 Å². The molecule has 7 rings (SSSR count). The number of fused-ring (bicyclic) bond motifs is 2. The maximum absolute atomic E-state index is 13.9. The highest BCUT2D eigenvalue weighted by molar-refractivity contribution is 6.41. The third-order valence-electron chi connectivity index (χ3n) is 11.7. The Labute approximate surface area is 358 Å². The SMILES string of the molecule is NCC(CN)CCC(=O)NCCCN1C(=O)c2ccc3c4ccc5c6c(ccc(c7ccc(c2c37)C1=O)c64)C(=O)N(CCCNC(=O)CCC(CN)CN)C5=O.O=C(O)C(F)(F)F.